The van der Waals surface area contributed by atoms with Gasteiger partial charge in [-0.2, -0.15) is 0 Å². The highest BCUT2D eigenvalue weighted by Gasteiger charge is 2.12. The van der Waals surface area contributed by atoms with Gasteiger partial charge in [-0.25, -0.2) is 0 Å². The van der Waals surface area contributed by atoms with Crippen LogP contribution in [0, 0.1) is 17.8 Å². The largest absolute Gasteiger partial charge is 0.325 e. The Balaban J connectivity index is 2.97. The monoisotopic (exact) mass is 264 g/mol. The molecule has 0 fully saturated rings. The average Bonchev–Trinajstić information content (AvgIpc) is 2.37. The molecule has 3 N–H and O–H groups in total. The van der Waals surface area contributed by atoms with Gasteiger partial charge in [0, 0.05) is 16.5 Å². The molecule has 1 rings (SSSR count). The molecule has 0 aromatic heterocycles. The van der Waals surface area contributed by atoms with E-state index in [1.54, 1.807) is 18.2 Å². The second-order valence-electron chi connectivity index (χ2n) is 3.99. The van der Waals surface area contributed by atoms with E-state index in [0.29, 0.717) is 16.3 Å². The van der Waals surface area contributed by atoms with Crippen LogP contribution in [0.15, 0.2) is 18.2 Å². The minimum absolute atomic E-state index is 0.0179. The Bertz CT molecular complexity index is 488. The molecule has 0 aliphatic heterocycles. The van der Waals surface area contributed by atoms with E-state index < -0.39 is 0 Å². The second-order valence-corrected chi connectivity index (χ2v) is 4.43. The lowest BCUT2D eigenvalue weighted by atomic mass is 10.1. The van der Waals surface area contributed by atoms with Gasteiger partial charge < -0.3 is 11.1 Å². The van der Waals surface area contributed by atoms with Crippen molar-refractivity contribution < 1.29 is 4.79 Å². The lowest BCUT2D eigenvalue weighted by molar-refractivity contribution is -0.119. The van der Waals surface area contributed by atoms with Crippen LogP contribution in [0.3, 0.4) is 0 Å². The number of carbonyl (C=O) groups excluding carboxylic acids is 1. The summed E-state index contributed by atoms with van der Waals surface area (Å²) in [6.45, 7) is 4.13. The first kappa shape index (κ1) is 14.6. The third kappa shape index (κ3) is 4.06. The van der Waals surface area contributed by atoms with E-state index in [2.05, 4.69) is 17.2 Å². The molecule has 1 amide bonds. The lowest BCUT2D eigenvalue weighted by Gasteiger charge is -2.11. The van der Waals surface area contributed by atoms with Crippen LogP contribution in [0.25, 0.3) is 0 Å². The highest BCUT2D eigenvalue weighted by Crippen LogP contribution is 2.20. The first-order chi connectivity index (χ1) is 8.58. The molecular weight excluding hydrogens is 248 g/mol. The predicted molar refractivity (Wildman–Crippen MR) is 75.5 cm³/mol. The zero-order valence-electron chi connectivity index (χ0n) is 10.6. The number of hydrogen-bond donors (Lipinski definition) is 2. The van der Waals surface area contributed by atoms with E-state index in [-0.39, 0.29) is 18.4 Å². The van der Waals surface area contributed by atoms with Gasteiger partial charge in [-0.05, 0) is 24.6 Å². The Morgan fingerprint density at radius 2 is 2.28 bits per heavy atom. The van der Waals surface area contributed by atoms with Crippen molar-refractivity contribution in [3.63, 3.8) is 0 Å². The van der Waals surface area contributed by atoms with Crippen LogP contribution in [-0.2, 0) is 4.79 Å². The van der Waals surface area contributed by atoms with Crippen LogP contribution >= 0.6 is 11.6 Å². The number of halogens is 1. The maximum Gasteiger partial charge on any atom is 0.227 e. The summed E-state index contributed by atoms with van der Waals surface area (Å²) in [5.74, 6) is 5.61. The van der Waals surface area contributed by atoms with Gasteiger partial charge in [0.15, 0.2) is 0 Å². The molecule has 0 heterocycles. The van der Waals surface area contributed by atoms with E-state index in [4.69, 9.17) is 17.3 Å². The van der Waals surface area contributed by atoms with Crippen molar-refractivity contribution in [3.8, 4) is 11.8 Å². The Hall–Kier alpha value is -1.50. The van der Waals surface area contributed by atoms with E-state index in [0.717, 1.165) is 6.42 Å². The number of rotatable bonds is 3. The Labute approximate surface area is 113 Å². The van der Waals surface area contributed by atoms with Crippen molar-refractivity contribution in [3.05, 3.63) is 28.8 Å². The van der Waals surface area contributed by atoms with Crippen molar-refractivity contribution in [1.29, 1.82) is 0 Å². The number of hydrogen-bond acceptors (Lipinski definition) is 2. The van der Waals surface area contributed by atoms with Gasteiger partial charge in [-0.3, -0.25) is 4.79 Å². The third-order valence-electron chi connectivity index (χ3n) is 2.62. The van der Waals surface area contributed by atoms with Crippen molar-refractivity contribution >= 4 is 23.2 Å². The van der Waals surface area contributed by atoms with Gasteiger partial charge in [0.2, 0.25) is 5.91 Å². The fourth-order valence-corrected chi connectivity index (χ4v) is 1.49. The molecule has 0 saturated carbocycles. The highest BCUT2D eigenvalue weighted by atomic mass is 35.5. The zero-order valence-corrected chi connectivity index (χ0v) is 11.3. The molecule has 0 bridgehead atoms. The van der Waals surface area contributed by atoms with E-state index >= 15 is 0 Å². The summed E-state index contributed by atoms with van der Waals surface area (Å²) in [4.78, 5) is 11.8. The molecule has 1 unspecified atom stereocenters. The summed E-state index contributed by atoms with van der Waals surface area (Å²) in [5.41, 5.74) is 6.70. The molecule has 4 heteroatoms. The molecule has 1 aromatic rings. The van der Waals surface area contributed by atoms with Gasteiger partial charge in [0.25, 0.3) is 0 Å². The molecule has 0 aliphatic carbocycles. The van der Waals surface area contributed by atoms with E-state index in [1.165, 1.54) is 0 Å². The van der Waals surface area contributed by atoms with Crippen molar-refractivity contribution in [2.24, 2.45) is 11.7 Å². The highest BCUT2D eigenvalue weighted by molar-refractivity contribution is 6.30. The van der Waals surface area contributed by atoms with Gasteiger partial charge in [0.05, 0.1) is 12.2 Å². The lowest BCUT2D eigenvalue weighted by Crippen LogP contribution is -2.20. The minimum atomic E-state index is -0.0315. The van der Waals surface area contributed by atoms with Crippen LogP contribution in [0.2, 0.25) is 5.02 Å². The Morgan fingerprint density at radius 1 is 1.56 bits per heavy atom. The molecular formula is C14H17ClN2O. The molecule has 0 saturated heterocycles. The SMILES string of the molecule is CCC(C)C(=O)Nc1ccc(Cl)cc1C#CCN. The van der Waals surface area contributed by atoms with Crippen LogP contribution in [-0.4, -0.2) is 12.5 Å². The number of carbonyl (C=O) groups is 1. The van der Waals surface area contributed by atoms with Gasteiger partial charge in [-0.15, -0.1) is 0 Å². The molecule has 1 aromatic carbocycles. The quantitative estimate of drug-likeness (QED) is 0.825. The summed E-state index contributed by atoms with van der Waals surface area (Å²) in [5, 5.41) is 3.44. The smallest absolute Gasteiger partial charge is 0.227 e. The number of nitrogens with two attached hydrogens (primary N) is 1. The summed E-state index contributed by atoms with van der Waals surface area (Å²) in [6.07, 6.45) is 0.795. The molecule has 0 aliphatic rings. The van der Waals surface area contributed by atoms with Gasteiger partial charge in [0.1, 0.15) is 0 Å². The maximum atomic E-state index is 11.8. The first-order valence-corrected chi connectivity index (χ1v) is 6.25. The van der Waals surface area contributed by atoms with Crippen molar-refractivity contribution in [2.45, 2.75) is 20.3 Å². The standard InChI is InChI=1S/C14H17ClN2O/c1-3-10(2)14(18)17-13-7-6-12(15)9-11(13)5-4-8-16/h6-7,9-10H,3,8,16H2,1-2H3,(H,17,18). The van der Waals surface area contributed by atoms with Crippen LogP contribution in [0.5, 0.6) is 0 Å². The van der Waals surface area contributed by atoms with Gasteiger partial charge in [-0.1, -0.05) is 37.3 Å². The topological polar surface area (TPSA) is 55.1 Å². The van der Waals surface area contributed by atoms with E-state index in [9.17, 15) is 4.79 Å². The maximum absolute atomic E-state index is 11.8. The number of amides is 1. The van der Waals surface area contributed by atoms with Crippen LogP contribution < -0.4 is 11.1 Å². The first-order valence-electron chi connectivity index (χ1n) is 5.87. The van der Waals surface area contributed by atoms with Crippen molar-refractivity contribution in [2.75, 3.05) is 11.9 Å². The molecule has 96 valence electrons. The number of nitrogens with one attached hydrogen (secondary N) is 1. The van der Waals surface area contributed by atoms with Crippen LogP contribution in [0.1, 0.15) is 25.8 Å². The summed E-state index contributed by atoms with van der Waals surface area (Å²) in [7, 11) is 0. The fourth-order valence-electron chi connectivity index (χ4n) is 1.32. The molecule has 0 radical (unpaired) electrons. The molecule has 1 atom stereocenters. The van der Waals surface area contributed by atoms with Crippen molar-refractivity contribution in [1.82, 2.24) is 0 Å². The Morgan fingerprint density at radius 3 is 2.89 bits per heavy atom. The second kappa shape index (κ2) is 7.05. The Kier molecular flexibility index (Phi) is 5.70. The summed E-state index contributed by atoms with van der Waals surface area (Å²) < 4.78 is 0. The van der Waals surface area contributed by atoms with Crippen LogP contribution in [0.4, 0.5) is 5.69 Å². The fraction of sp³-hybridized carbons (Fsp3) is 0.357. The number of anilines is 1. The zero-order chi connectivity index (χ0) is 13.5. The average molecular weight is 265 g/mol. The minimum Gasteiger partial charge on any atom is -0.325 e. The molecule has 18 heavy (non-hydrogen) atoms. The molecule has 3 nitrogen and oxygen atoms in total. The third-order valence-corrected chi connectivity index (χ3v) is 2.86. The summed E-state index contributed by atoms with van der Waals surface area (Å²) >= 11 is 5.91. The van der Waals surface area contributed by atoms with E-state index in [1.807, 2.05) is 13.8 Å². The predicted octanol–water partition coefficient (Wildman–Crippen LogP) is 2.63. The normalized spacial score (nSPS) is 11.3. The summed E-state index contributed by atoms with van der Waals surface area (Å²) in [6, 6.07) is 5.20. The number of benzene rings is 1. The van der Waals surface area contributed by atoms with Gasteiger partial charge >= 0.3 is 0 Å². The molecule has 0 spiro atoms.